The standard InChI is InChI=1S/C26H34ClN3O4/c1-16(2)11-23(29-25(31)15-34-21-9-7-20(27)8-10-21)26(32)30-28-14-19-13-22(17(3)4)24(33-6)12-18(19)5/h7-10,12-14,16-17,23H,11,15H2,1-6H3,(H,29,31)(H,30,32)/b28-14-/t23-/m1/s1. The summed E-state index contributed by atoms with van der Waals surface area (Å²) in [5.74, 6) is 1.03. The molecule has 0 saturated heterocycles. The lowest BCUT2D eigenvalue weighted by Crippen LogP contribution is -2.47. The molecular formula is C26H34ClN3O4. The minimum Gasteiger partial charge on any atom is -0.496 e. The molecule has 2 N–H and O–H groups in total. The van der Waals surface area contributed by atoms with E-state index in [2.05, 4.69) is 29.7 Å². The normalized spacial score (nSPS) is 12.1. The molecule has 184 valence electrons. The molecule has 2 amide bonds. The third-order valence-corrected chi connectivity index (χ3v) is 5.41. The van der Waals surface area contributed by atoms with Gasteiger partial charge in [0.2, 0.25) is 0 Å². The summed E-state index contributed by atoms with van der Waals surface area (Å²) in [7, 11) is 1.65. The van der Waals surface area contributed by atoms with Crippen LogP contribution in [0.2, 0.25) is 5.02 Å². The minimum atomic E-state index is -0.735. The Morgan fingerprint density at radius 2 is 1.79 bits per heavy atom. The Labute approximate surface area is 206 Å². The van der Waals surface area contributed by atoms with E-state index in [0.29, 0.717) is 17.2 Å². The molecule has 0 bridgehead atoms. The summed E-state index contributed by atoms with van der Waals surface area (Å²) in [6.07, 6.45) is 2.07. The molecule has 2 rings (SSSR count). The summed E-state index contributed by atoms with van der Waals surface area (Å²) in [4.78, 5) is 25.2. The van der Waals surface area contributed by atoms with E-state index in [0.717, 1.165) is 22.4 Å². The van der Waals surface area contributed by atoms with Gasteiger partial charge < -0.3 is 14.8 Å². The van der Waals surface area contributed by atoms with Gasteiger partial charge in [-0.25, -0.2) is 5.43 Å². The zero-order valence-electron chi connectivity index (χ0n) is 20.6. The minimum absolute atomic E-state index is 0.189. The van der Waals surface area contributed by atoms with Gasteiger partial charge in [-0.2, -0.15) is 5.10 Å². The van der Waals surface area contributed by atoms with Crippen molar-refractivity contribution < 1.29 is 19.1 Å². The number of aryl methyl sites for hydroxylation is 1. The Morgan fingerprint density at radius 3 is 2.38 bits per heavy atom. The Morgan fingerprint density at radius 1 is 1.12 bits per heavy atom. The van der Waals surface area contributed by atoms with E-state index in [4.69, 9.17) is 21.1 Å². The van der Waals surface area contributed by atoms with Crippen LogP contribution < -0.4 is 20.2 Å². The van der Waals surface area contributed by atoms with Gasteiger partial charge in [0.1, 0.15) is 17.5 Å². The number of carbonyl (C=O) groups excluding carboxylic acids is 2. The van der Waals surface area contributed by atoms with Crippen LogP contribution in [0.15, 0.2) is 41.5 Å². The molecule has 0 aliphatic carbocycles. The first-order valence-electron chi connectivity index (χ1n) is 11.3. The van der Waals surface area contributed by atoms with Gasteiger partial charge in [0.05, 0.1) is 13.3 Å². The quantitative estimate of drug-likeness (QED) is 0.350. The number of hydrazone groups is 1. The SMILES string of the molecule is COc1cc(C)c(/C=N\NC(=O)[C@@H](CC(C)C)NC(=O)COc2ccc(Cl)cc2)cc1C(C)C. The fourth-order valence-electron chi connectivity index (χ4n) is 3.34. The highest BCUT2D eigenvalue weighted by Crippen LogP contribution is 2.29. The third kappa shape index (κ3) is 8.37. The maximum absolute atomic E-state index is 12.8. The number of carbonyl (C=O) groups is 2. The van der Waals surface area contributed by atoms with E-state index in [-0.39, 0.29) is 24.3 Å². The second kappa shape index (κ2) is 13.0. The maximum atomic E-state index is 12.8. The summed E-state index contributed by atoms with van der Waals surface area (Å²) in [5.41, 5.74) is 5.47. The van der Waals surface area contributed by atoms with Crippen molar-refractivity contribution in [1.82, 2.24) is 10.7 Å². The predicted molar refractivity (Wildman–Crippen MR) is 136 cm³/mol. The van der Waals surface area contributed by atoms with Crippen LogP contribution in [0.25, 0.3) is 0 Å². The Kier molecular flexibility index (Phi) is 10.4. The Bertz CT molecular complexity index is 1000. The van der Waals surface area contributed by atoms with E-state index in [1.807, 2.05) is 32.9 Å². The van der Waals surface area contributed by atoms with Gasteiger partial charge in [-0.15, -0.1) is 0 Å². The molecule has 34 heavy (non-hydrogen) atoms. The number of ether oxygens (including phenoxy) is 2. The fourth-order valence-corrected chi connectivity index (χ4v) is 3.47. The molecule has 0 saturated carbocycles. The van der Waals surface area contributed by atoms with Gasteiger partial charge in [-0.05, 0) is 78.3 Å². The zero-order valence-corrected chi connectivity index (χ0v) is 21.4. The second-order valence-corrected chi connectivity index (χ2v) is 9.27. The molecule has 0 fully saturated rings. The molecule has 0 radical (unpaired) electrons. The maximum Gasteiger partial charge on any atom is 0.262 e. The van der Waals surface area contributed by atoms with Crippen molar-refractivity contribution in [3.05, 3.63) is 58.1 Å². The van der Waals surface area contributed by atoms with Crippen LogP contribution in [-0.4, -0.2) is 37.8 Å². The van der Waals surface area contributed by atoms with Crippen molar-refractivity contribution in [2.75, 3.05) is 13.7 Å². The molecule has 8 heteroatoms. The highest BCUT2D eigenvalue weighted by atomic mass is 35.5. The fraction of sp³-hybridized carbons (Fsp3) is 0.423. The van der Waals surface area contributed by atoms with Gasteiger partial charge in [0.15, 0.2) is 6.61 Å². The van der Waals surface area contributed by atoms with Gasteiger partial charge in [-0.1, -0.05) is 39.3 Å². The van der Waals surface area contributed by atoms with Gasteiger partial charge in [0.25, 0.3) is 11.8 Å². The number of methoxy groups -OCH3 is 1. The van der Waals surface area contributed by atoms with Crippen LogP contribution in [-0.2, 0) is 9.59 Å². The molecule has 7 nitrogen and oxygen atoms in total. The number of nitrogens with one attached hydrogen (secondary N) is 2. The topological polar surface area (TPSA) is 89.0 Å². The molecule has 0 aliphatic rings. The van der Waals surface area contributed by atoms with Gasteiger partial charge >= 0.3 is 0 Å². The van der Waals surface area contributed by atoms with Crippen molar-refractivity contribution in [2.24, 2.45) is 11.0 Å². The number of halogens is 1. The number of nitrogens with zero attached hydrogens (tertiary/aromatic N) is 1. The van der Waals surface area contributed by atoms with Crippen LogP contribution in [0.5, 0.6) is 11.5 Å². The van der Waals surface area contributed by atoms with Crippen molar-refractivity contribution >= 4 is 29.6 Å². The van der Waals surface area contributed by atoms with Crippen LogP contribution >= 0.6 is 11.6 Å². The molecule has 0 heterocycles. The molecule has 0 spiro atoms. The van der Waals surface area contributed by atoms with Crippen LogP contribution in [0.1, 0.15) is 56.7 Å². The van der Waals surface area contributed by atoms with Crippen LogP contribution in [0, 0.1) is 12.8 Å². The molecular weight excluding hydrogens is 454 g/mol. The summed E-state index contributed by atoms with van der Waals surface area (Å²) in [6.45, 7) is 9.88. The number of hydrogen-bond acceptors (Lipinski definition) is 5. The number of hydrogen-bond donors (Lipinski definition) is 2. The van der Waals surface area contributed by atoms with Crippen molar-refractivity contribution in [3.8, 4) is 11.5 Å². The van der Waals surface area contributed by atoms with Gasteiger partial charge in [-0.3, -0.25) is 9.59 Å². The highest BCUT2D eigenvalue weighted by Gasteiger charge is 2.22. The third-order valence-electron chi connectivity index (χ3n) is 5.16. The molecule has 0 aliphatic heterocycles. The number of benzene rings is 2. The summed E-state index contributed by atoms with van der Waals surface area (Å²) < 4.78 is 10.9. The molecule has 1 atom stereocenters. The molecule has 0 aromatic heterocycles. The lowest BCUT2D eigenvalue weighted by Gasteiger charge is -2.19. The highest BCUT2D eigenvalue weighted by molar-refractivity contribution is 6.30. The van der Waals surface area contributed by atoms with E-state index in [9.17, 15) is 9.59 Å². The van der Waals surface area contributed by atoms with E-state index in [1.54, 1.807) is 37.6 Å². The average Bonchev–Trinajstić information content (AvgIpc) is 2.78. The van der Waals surface area contributed by atoms with E-state index in [1.165, 1.54) is 0 Å². The summed E-state index contributed by atoms with van der Waals surface area (Å²) in [5, 5.41) is 7.45. The number of rotatable bonds is 11. The van der Waals surface area contributed by atoms with Crippen molar-refractivity contribution in [3.63, 3.8) is 0 Å². The lowest BCUT2D eigenvalue weighted by molar-refractivity contribution is -0.130. The zero-order chi connectivity index (χ0) is 25.3. The van der Waals surface area contributed by atoms with Crippen molar-refractivity contribution in [1.29, 1.82) is 0 Å². The Balaban J connectivity index is 2.02. The molecule has 2 aromatic carbocycles. The number of amides is 2. The van der Waals surface area contributed by atoms with E-state index < -0.39 is 11.9 Å². The van der Waals surface area contributed by atoms with E-state index >= 15 is 0 Å². The van der Waals surface area contributed by atoms with Crippen LogP contribution in [0.4, 0.5) is 0 Å². The second-order valence-electron chi connectivity index (χ2n) is 8.83. The summed E-state index contributed by atoms with van der Waals surface area (Å²) >= 11 is 5.85. The molecule has 2 aromatic rings. The Hall–Kier alpha value is -3.06. The smallest absolute Gasteiger partial charge is 0.262 e. The monoisotopic (exact) mass is 487 g/mol. The van der Waals surface area contributed by atoms with Crippen molar-refractivity contribution in [2.45, 2.75) is 53.0 Å². The first-order chi connectivity index (χ1) is 16.1. The van der Waals surface area contributed by atoms with Crippen LogP contribution in [0.3, 0.4) is 0 Å². The summed E-state index contributed by atoms with van der Waals surface area (Å²) in [6, 6.07) is 9.94. The first kappa shape index (κ1) is 27.2. The lowest BCUT2D eigenvalue weighted by atomic mass is 9.97. The first-order valence-corrected chi connectivity index (χ1v) is 11.7. The largest absolute Gasteiger partial charge is 0.496 e. The predicted octanol–water partition coefficient (Wildman–Crippen LogP) is 4.84. The van der Waals surface area contributed by atoms with Gasteiger partial charge in [0, 0.05) is 5.02 Å². The average molecular weight is 488 g/mol. The molecule has 0 unspecified atom stereocenters.